The second kappa shape index (κ2) is 6.53. The first kappa shape index (κ1) is 15.6. The van der Waals surface area contributed by atoms with Crippen LogP contribution in [-0.2, 0) is 0 Å². The molecule has 5 heteroatoms. The molecule has 2 heterocycles. The summed E-state index contributed by atoms with van der Waals surface area (Å²) in [7, 11) is 0. The van der Waals surface area contributed by atoms with Crippen LogP contribution in [-0.4, -0.2) is 15.3 Å². The van der Waals surface area contributed by atoms with Gasteiger partial charge >= 0.3 is 0 Å². The first-order chi connectivity index (χ1) is 12.2. The summed E-state index contributed by atoms with van der Waals surface area (Å²) in [5, 5.41) is 3.12. The van der Waals surface area contributed by atoms with Gasteiger partial charge in [0.15, 0.2) is 4.96 Å². The van der Waals surface area contributed by atoms with Gasteiger partial charge < -0.3 is 5.32 Å². The molecule has 0 aliphatic carbocycles. The van der Waals surface area contributed by atoms with Crippen molar-refractivity contribution in [3.8, 4) is 0 Å². The van der Waals surface area contributed by atoms with E-state index < -0.39 is 0 Å². The fourth-order valence-electron chi connectivity index (χ4n) is 2.88. The SMILES string of the molecule is Cc1cn2cc(C(=O)NC(c3ccccc3)c3ccccc3)nc2s1. The van der Waals surface area contributed by atoms with Crippen LogP contribution < -0.4 is 5.32 Å². The van der Waals surface area contributed by atoms with Gasteiger partial charge in [0.2, 0.25) is 0 Å². The predicted octanol–water partition coefficient (Wildman–Crippen LogP) is 4.22. The highest BCUT2D eigenvalue weighted by Gasteiger charge is 2.19. The molecular weight excluding hydrogens is 330 g/mol. The molecule has 124 valence electrons. The highest BCUT2D eigenvalue weighted by atomic mass is 32.1. The Hall–Kier alpha value is -2.92. The van der Waals surface area contributed by atoms with Crippen LogP contribution in [0.5, 0.6) is 0 Å². The van der Waals surface area contributed by atoms with Crippen LogP contribution in [0, 0.1) is 6.92 Å². The second-order valence-corrected chi connectivity index (χ2v) is 7.10. The molecule has 2 aromatic carbocycles. The molecule has 0 saturated heterocycles. The monoisotopic (exact) mass is 347 g/mol. The van der Waals surface area contributed by atoms with E-state index in [1.165, 1.54) is 4.88 Å². The summed E-state index contributed by atoms with van der Waals surface area (Å²) in [4.78, 5) is 19.2. The number of aryl methyl sites for hydroxylation is 1. The van der Waals surface area contributed by atoms with Crippen molar-refractivity contribution in [1.29, 1.82) is 0 Å². The Morgan fingerprint density at radius 1 is 1.00 bits per heavy atom. The number of hydrogen-bond donors (Lipinski definition) is 1. The topological polar surface area (TPSA) is 46.4 Å². The molecule has 0 saturated carbocycles. The Morgan fingerprint density at radius 3 is 2.16 bits per heavy atom. The fourth-order valence-corrected chi connectivity index (χ4v) is 3.68. The number of nitrogens with one attached hydrogen (secondary N) is 1. The average Bonchev–Trinajstić information content (AvgIpc) is 3.18. The molecular formula is C20H17N3OS. The number of fused-ring (bicyclic) bond motifs is 1. The lowest BCUT2D eigenvalue weighted by Crippen LogP contribution is -2.29. The summed E-state index contributed by atoms with van der Waals surface area (Å²) in [6.45, 7) is 2.03. The lowest BCUT2D eigenvalue weighted by molar-refractivity contribution is 0.0938. The van der Waals surface area contributed by atoms with Crippen molar-refractivity contribution in [2.75, 3.05) is 0 Å². The average molecular weight is 347 g/mol. The molecule has 0 bridgehead atoms. The van der Waals surface area contributed by atoms with Crippen molar-refractivity contribution in [2.45, 2.75) is 13.0 Å². The van der Waals surface area contributed by atoms with Gasteiger partial charge in [0.1, 0.15) is 5.69 Å². The maximum Gasteiger partial charge on any atom is 0.272 e. The standard InChI is InChI=1S/C20H17N3OS/c1-14-12-23-13-17(21-20(23)25-14)19(24)22-18(15-8-4-2-5-9-15)16-10-6-3-7-11-16/h2-13,18H,1H3,(H,22,24). The van der Waals surface area contributed by atoms with Crippen LogP contribution in [0.2, 0.25) is 0 Å². The van der Waals surface area contributed by atoms with Crippen molar-refractivity contribution >= 4 is 22.2 Å². The van der Waals surface area contributed by atoms with Crippen molar-refractivity contribution in [3.05, 3.63) is 94.8 Å². The largest absolute Gasteiger partial charge is 0.340 e. The number of rotatable bonds is 4. The number of benzene rings is 2. The number of hydrogen-bond acceptors (Lipinski definition) is 3. The zero-order valence-corrected chi connectivity index (χ0v) is 14.5. The molecule has 1 amide bonds. The van der Waals surface area contributed by atoms with E-state index in [9.17, 15) is 4.79 Å². The molecule has 2 aromatic heterocycles. The minimum Gasteiger partial charge on any atom is -0.340 e. The number of carbonyl (C=O) groups excluding carboxylic acids is 1. The van der Waals surface area contributed by atoms with Gasteiger partial charge in [-0.25, -0.2) is 4.98 Å². The van der Waals surface area contributed by atoms with E-state index in [2.05, 4.69) is 10.3 Å². The maximum atomic E-state index is 12.8. The third-order valence-electron chi connectivity index (χ3n) is 4.05. The van der Waals surface area contributed by atoms with Crippen molar-refractivity contribution in [2.24, 2.45) is 0 Å². The lowest BCUT2D eigenvalue weighted by Gasteiger charge is -2.19. The summed E-state index contributed by atoms with van der Waals surface area (Å²) in [5.74, 6) is -0.175. The molecule has 0 unspecified atom stereocenters. The van der Waals surface area contributed by atoms with E-state index in [0.29, 0.717) is 5.69 Å². The van der Waals surface area contributed by atoms with E-state index in [1.807, 2.05) is 78.2 Å². The van der Waals surface area contributed by atoms with Crippen LogP contribution in [0.3, 0.4) is 0 Å². The molecule has 0 fully saturated rings. The summed E-state index contributed by atoms with van der Waals surface area (Å²) in [5.41, 5.74) is 2.51. The molecule has 0 radical (unpaired) electrons. The molecule has 4 nitrogen and oxygen atoms in total. The molecule has 1 N–H and O–H groups in total. The molecule has 0 aliphatic heterocycles. The number of thiazole rings is 1. The van der Waals surface area contributed by atoms with Gasteiger partial charge in [-0.3, -0.25) is 9.20 Å². The second-order valence-electron chi connectivity index (χ2n) is 5.89. The quantitative estimate of drug-likeness (QED) is 0.601. The number of nitrogens with zero attached hydrogens (tertiary/aromatic N) is 2. The minimum absolute atomic E-state index is 0.175. The van der Waals surface area contributed by atoms with E-state index in [4.69, 9.17) is 0 Å². The first-order valence-corrected chi connectivity index (χ1v) is 8.88. The Kier molecular flexibility index (Phi) is 4.07. The number of imidazole rings is 1. The Morgan fingerprint density at radius 2 is 1.60 bits per heavy atom. The maximum absolute atomic E-state index is 12.8. The Bertz CT molecular complexity index is 934. The third kappa shape index (κ3) is 3.19. The summed E-state index contributed by atoms with van der Waals surface area (Å²) in [6.07, 6.45) is 3.76. The van der Waals surface area contributed by atoms with Gasteiger partial charge in [-0.1, -0.05) is 60.7 Å². The van der Waals surface area contributed by atoms with Crippen LogP contribution >= 0.6 is 11.3 Å². The summed E-state index contributed by atoms with van der Waals surface area (Å²) >= 11 is 1.57. The number of carbonyl (C=O) groups is 1. The van der Waals surface area contributed by atoms with E-state index in [-0.39, 0.29) is 11.9 Å². The zero-order chi connectivity index (χ0) is 17.2. The van der Waals surface area contributed by atoms with Gasteiger partial charge in [0.25, 0.3) is 5.91 Å². The van der Waals surface area contributed by atoms with Gasteiger partial charge in [0.05, 0.1) is 6.04 Å². The molecule has 0 atom stereocenters. The van der Waals surface area contributed by atoms with E-state index in [1.54, 1.807) is 17.5 Å². The van der Waals surface area contributed by atoms with Gasteiger partial charge in [0, 0.05) is 17.3 Å². The van der Waals surface area contributed by atoms with Crippen molar-refractivity contribution in [3.63, 3.8) is 0 Å². The first-order valence-electron chi connectivity index (χ1n) is 8.06. The highest BCUT2D eigenvalue weighted by Crippen LogP contribution is 2.23. The van der Waals surface area contributed by atoms with Crippen LogP contribution in [0.25, 0.3) is 4.96 Å². The third-order valence-corrected chi connectivity index (χ3v) is 4.96. The number of aromatic nitrogens is 2. The smallest absolute Gasteiger partial charge is 0.272 e. The molecule has 0 spiro atoms. The van der Waals surface area contributed by atoms with Crippen LogP contribution in [0.1, 0.15) is 32.5 Å². The lowest BCUT2D eigenvalue weighted by atomic mass is 9.98. The van der Waals surface area contributed by atoms with E-state index in [0.717, 1.165) is 16.1 Å². The fraction of sp³-hybridized carbons (Fsp3) is 0.100. The predicted molar refractivity (Wildman–Crippen MR) is 100.0 cm³/mol. The van der Waals surface area contributed by atoms with Crippen molar-refractivity contribution in [1.82, 2.24) is 14.7 Å². The number of amides is 1. The molecule has 25 heavy (non-hydrogen) atoms. The summed E-state index contributed by atoms with van der Waals surface area (Å²) in [6, 6.07) is 19.7. The van der Waals surface area contributed by atoms with Gasteiger partial charge in [-0.15, -0.1) is 11.3 Å². The van der Waals surface area contributed by atoms with Gasteiger partial charge in [-0.05, 0) is 18.1 Å². The normalized spacial score (nSPS) is 11.1. The Labute approximate surface area is 149 Å². The van der Waals surface area contributed by atoms with E-state index >= 15 is 0 Å². The molecule has 4 aromatic rings. The zero-order valence-electron chi connectivity index (χ0n) is 13.7. The summed E-state index contributed by atoms with van der Waals surface area (Å²) < 4.78 is 1.90. The minimum atomic E-state index is -0.212. The Balaban J connectivity index is 1.65. The van der Waals surface area contributed by atoms with Crippen LogP contribution in [0.4, 0.5) is 0 Å². The molecule has 0 aliphatic rings. The highest BCUT2D eigenvalue weighted by molar-refractivity contribution is 7.17. The van der Waals surface area contributed by atoms with Crippen LogP contribution in [0.15, 0.2) is 73.1 Å². The van der Waals surface area contributed by atoms with Crippen molar-refractivity contribution < 1.29 is 4.79 Å². The van der Waals surface area contributed by atoms with Gasteiger partial charge in [-0.2, -0.15) is 0 Å². The molecule has 4 rings (SSSR count).